The number of hydrogen-bond acceptors (Lipinski definition) is 5. The second kappa shape index (κ2) is 8.34. The standard InChI is InChI=1S/C9H20N4O2/c1-7(14)8(11)6-9(15)13-5-4-12-3-2-10/h8,12H,2-6,10-11H2,1H3,(H,13,15). The Labute approximate surface area is 89.8 Å². The summed E-state index contributed by atoms with van der Waals surface area (Å²) in [5, 5.41) is 5.68. The smallest absolute Gasteiger partial charge is 0.222 e. The summed E-state index contributed by atoms with van der Waals surface area (Å²) in [4.78, 5) is 22.0. The molecule has 0 aromatic rings. The second-order valence-electron chi connectivity index (χ2n) is 3.31. The Bertz CT molecular complexity index is 208. The Morgan fingerprint density at radius 2 is 1.93 bits per heavy atom. The molecule has 88 valence electrons. The van der Waals surface area contributed by atoms with Crippen LogP contribution in [0, 0.1) is 0 Å². The summed E-state index contributed by atoms with van der Waals surface area (Å²) in [6, 6.07) is -0.693. The van der Waals surface area contributed by atoms with Crippen LogP contribution in [0.25, 0.3) is 0 Å². The van der Waals surface area contributed by atoms with E-state index in [2.05, 4.69) is 10.6 Å². The van der Waals surface area contributed by atoms with Crippen molar-refractivity contribution in [1.82, 2.24) is 10.6 Å². The first-order chi connectivity index (χ1) is 7.07. The summed E-state index contributed by atoms with van der Waals surface area (Å²) in [5.41, 5.74) is 10.7. The molecular weight excluding hydrogens is 196 g/mol. The molecule has 0 spiro atoms. The van der Waals surface area contributed by atoms with Gasteiger partial charge in [-0.3, -0.25) is 9.59 Å². The number of Topliss-reactive ketones (excluding diaryl/α,β-unsaturated/α-hetero) is 1. The van der Waals surface area contributed by atoms with Crippen molar-refractivity contribution in [1.29, 1.82) is 0 Å². The van der Waals surface area contributed by atoms with E-state index in [9.17, 15) is 9.59 Å². The van der Waals surface area contributed by atoms with Gasteiger partial charge in [0.25, 0.3) is 0 Å². The number of nitrogens with one attached hydrogen (secondary N) is 2. The van der Waals surface area contributed by atoms with Crippen molar-refractivity contribution in [2.24, 2.45) is 11.5 Å². The first kappa shape index (κ1) is 14.0. The molecule has 0 aliphatic heterocycles. The largest absolute Gasteiger partial charge is 0.355 e. The van der Waals surface area contributed by atoms with E-state index in [-0.39, 0.29) is 18.1 Å². The van der Waals surface area contributed by atoms with E-state index in [0.717, 1.165) is 6.54 Å². The lowest BCUT2D eigenvalue weighted by Crippen LogP contribution is -2.38. The second-order valence-corrected chi connectivity index (χ2v) is 3.31. The molecule has 0 aliphatic rings. The highest BCUT2D eigenvalue weighted by Gasteiger charge is 2.12. The van der Waals surface area contributed by atoms with E-state index >= 15 is 0 Å². The van der Waals surface area contributed by atoms with Crippen molar-refractivity contribution in [3.8, 4) is 0 Å². The predicted molar refractivity (Wildman–Crippen MR) is 58.2 cm³/mol. The van der Waals surface area contributed by atoms with Crippen LogP contribution in [0.1, 0.15) is 13.3 Å². The van der Waals surface area contributed by atoms with E-state index in [1.54, 1.807) is 0 Å². The van der Waals surface area contributed by atoms with E-state index in [0.29, 0.717) is 19.6 Å². The van der Waals surface area contributed by atoms with Gasteiger partial charge in [0.15, 0.2) is 0 Å². The highest BCUT2D eigenvalue weighted by molar-refractivity contribution is 5.87. The summed E-state index contributed by atoms with van der Waals surface area (Å²) in [5.74, 6) is -0.376. The fourth-order valence-corrected chi connectivity index (χ4v) is 0.933. The third-order valence-corrected chi connectivity index (χ3v) is 1.87. The maximum atomic E-state index is 11.2. The Balaban J connectivity index is 3.45. The zero-order chi connectivity index (χ0) is 11.7. The molecule has 0 fully saturated rings. The van der Waals surface area contributed by atoms with Crippen LogP contribution in [0.2, 0.25) is 0 Å². The van der Waals surface area contributed by atoms with Gasteiger partial charge < -0.3 is 22.1 Å². The molecule has 6 heteroatoms. The molecule has 1 atom stereocenters. The number of nitrogens with two attached hydrogens (primary N) is 2. The normalized spacial score (nSPS) is 12.2. The number of rotatable bonds is 8. The zero-order valence-electron chi connectivity index (χ0n) is 9.08. The molecule has 6 nitrogen and oxygen atoms in total. The van der Waals surface area contributed by atoms with E-state index in [1.807, 2.05) is 0 Å². The number of carbonyl (C=O) groups excluding carboxylic acids is 2. The van der Waals surface area contributed by atoms with E-state index < -0.39 is 6.04 Å². The maximum Gasteiger partial charge on any atom is 0.222 e. The Morgan fingerprint density at radius 3 is 2.47 bits per heavy atom. The van der Waals surface area contributed by atoms with Crippen LogP contribution in [0.3, 0.4) is 0 Å². The molecule has 1 amide bonds. The molecule has 1 unspecified atom stereocenters. The van der Waals surface area contributed by atoms with Gasteiger partial charge in [0.05, 0.1) is 6.04 Å². The van der Waals surface area contributed by atoms with Crippen LogP contribution in [0.4, 0.5) is 0 Å². The van der Waals surface area contributed by atoms with Crippen LogP contribution in [-0.4, -0.2) is 43.9 Å². The van der Waals surface area contributed by atoms with Crippen LogP contribution in [0.5, 0.6) is 0 Å². The van der Waals surface area contributed by atoms with Crippen molar-refractivity contribution >= 4 is 11.7 Å². The number of hydrogen-bond donors (Lipinski definition) is 4. The first-order valence-corrected chi connectivity index (χ1v) is 5.01. The highest BCUT2D eigenvalue weighted by atomic mass is 16.2. The maximum absolute atomic E-state index is 11.2. The molecule has 0 saturated carbocycles. The van der Waals surface area contributed by atoms with Crippen molar-refractivity contribution in [3.05, 3.63) is 0 Å². The van der Waals surface area contributed by atoms with Gasteiger partial charge in [-0.15, -0.1) is 0 Å². The summed E-state index contributed by atoms with van der Waals surface area (Å²) < 4.78 is 0. The van der Waals surface area contributed by atoms with Gasteiger partial charge in [0.2, 0.25) is 5.91 Å². The van der Waals surface area contributed by atoms with Gasteiger partial charge >= 0.3 is 0 Å². The summed E-state index contributed by atoms with van der Waals surface area (Å²) >= 11 is 0. The monoisotopic (exact) mass is 216 g/mol. The molecule has 0 aliphatic carbocycles. The van der Waals surface area contributed by atoms with E-state index in [1.165, 1.54) is 6.92 Å². The molecule has 15 heavy (non-hydrogen) atoms. The van der Waals surface area contributed by atoms with Gasteiger partial charge in [-0.25, -0.2) is 0 Å². The Kier molecular flexibility index (Phi) is 7.79. The lowest BCUT2D eigenvalue weighted by molar-refractivity contribution is -0.125. The van der Waals surface area contributed by atoms with Crippen molar-refractivity contribution < 1.29 is 9.59 Å². The third-order valence-electron chi connectivity index (χ3n) is 1.87. The van der Waals surface area contributed by atoms with Crippen LogP contribution in [-0.2, 0) is 9.59 Å². The fraction of sp³-hybridized carbons (Fsp3) is 0.778. The SMILES string of the molecule is CC(=O)C(N)CC(=O)NCCNCCN. The highest BCUT2D eigenvalue weighted by Crippen LogP contribution is 1.88. The minimum Gasteiger partial charge on any atom is -0.355 e. The van der Waals surface area contributed by atoms with Crippen LogP contribution < -0.4 is 22.1 Å². The minimum absolute atomic E-state index is 0.0478. The Morgan fingerprint density at radius 1 is 1.27 bits per heavy atom. The van der Waals surface area contributed by atoms with Gasteiger partial charge in [-0.2, -0.15) is 0 Å². The molecule has 0 rings (SSSR count). The van der Waals surface area contributed by atoms with Gasteiger partial charge in [0.1, 0.15) is 5.78 Å². The van der Waals surface area contributed by atoms with Crippen molar-refractivity contribution in [2.75, 3.05) is 26.2 Å². The van der Waals surface area contributed by atoms with E-state index in [4.69, 9.17) is 11.5 Å². The topological polar surface area (TPSA) is 110 Å². The Hall–Kier alpha value is -0.980. The van der Waals surface area contributed by atoms with Crippen molar-refractivity contribution in [3.63, 3.8) is 0 Å². The van der Waals surface area contributed by atoms with Crippen LogP contribution in [0.15, 0.2) is 0 Å². The molecule has 0 aromatic heterocycles. The summed E-state index contributed by atoms with van der Waals surface area (Å²) in [6.07, 6.45) is 0.0478. The zero-order valence-corrected chi connectivity index (χ0v) is 9.08. The quantitative estimate of drug-likeness (QED) is 0.349. The lowest BCUT2D eigenvalue weighted by atomic mass is 10.1. The van der Waals surface area contributed by atoms with Crippen LogP contribution >= 0.6 is 0 Å². The average Bonchev–Trinajstić information content (AvgIpc) is 2.17. The molecular formula is C9H20N4O2. The lowest BCUT2D eigenvalue weighted by Gasteiger charge is -2.08. The van der Waals surface area contributed by atoms with Crippen molar-refractivity contribution in [2.45, 2.75) is 19.4 Å². The molecule has 0 aromatic carbocycles. The summed E-state index contributed by atoms with van der Waals surface area (Å²) in [6.45, 7) is 3.86. The minimum atomic E-state index is -0.693. The first-order valence-electron chi connectivity index (χ1n) is 5.01. The molecule has 6 N–H and O–H groups in total. The average molecular weight is 216 g/mol. The van der Waals surface area contributed by atoms with Gasteiger partial charge in [-0.1, -0.05) is 0 Å². The molecule has 0 heterocycles. The molecule has 0 bridgehead atoms. The predicted octanol–water partition coefficient (Wildman–Crippen LogP) is -2.04. The fourth-order valence-electron chi connectivity index (χ4n) is 0.933. The summed E-state index contributed by atoms with van der Waals surface area (Å²) in [7, 11) is 0. The molecule has 0 saturated heterocycles. The third kappa shape index (κ3) is 8.04. The number of carbonyl (C=O) groups is 2. The molecule has 0 radical (unpaired) electrons. The van der Waals surface area contributed by atoms with Gasteiger partial charge in [-0.05, 0) is 6.92 Å². The van der Waals surface area contributed by atoms with Gasteiger partial charge in [0, 0.05) is 32.6 Å². The number of ketones is 1. The number of amides is 1.